The summed E-state index contributed by atoms with van der Waals surface area (Å²) in [5.41, 5.74) is 0.746. The molecule has 0 bridgehead atoms. The molecule has 1 atom stereocenters. The first kappa shape index (κ1) is 16.4. The van der Waals surface area contributed by atoms with Crippen LogP contribution in [0.25, 0.3) is 0 Å². The Morgan fingerprint density at radius 2 is 2.25 bits per heavy atom. The number of halogens is 2. The third-order valence-electron chi connectivity index (χ3n) is 2.62. The maximum absolute atomic E-state index is 13.3. The molecule has 0 saturated carbocycles. The van der Waals surface area contributed by atoms with Crippen LogP contribution in [0.3, 0.4) is 0 Å². The number of rotatable bonds is 2. The Balaban J connectivity index is 0.00000112. The van der Waals surface area contributed by atoms with Gasteiger partial charge in [-0.05, 0) is 25.7 Å². The molecule has 2 rings (SSSR count). The van der Waals surface area contributed by atoms with E-state index in [1.807, 2.05) is 0 Å². The van der Waals surface area contributed by atoms with E-state index in [0.29, 0.717) is 6.42 Å². The van der Waals surface area contributed by atoms with Crippen molar-refractivity contribution in [2.75, 3.05) is 6.61 Å². The second-order valence-corrected chi connectivity index (χ2v) is 3.71. The molecule has 4 heteroatoms. The number of hydrogen-bond acceptors (Lipinski definition) is 1. The zero-order chi connectivity index (χ0) is 9.80. The Labute approximate surface area is 123 Å². The van der Waals surface area contributed by atoms with Gasteiger partial charge in [-0.15, -0.1) is 11.6 Å². The van der Waals surface area contributed by atoms with Gasteiger partial charge in [0.25, 0.3) is 0 Å². The predicted molar refractivity (Wildman–Crippen MR) is 58.3 cm³/mol. The van der Waals surface area contributed by atoms with Gasteiger partial charge >= 0.3 is 23.1 Å². The minimum atomic E-state index is -0.165. The molecule has 1 saturated heterocycles. The first-order valence-electron chi connectivity index (χ1n) is 5.12. The molecule has 0 radical (unpaired) electrons. The molecule has 0 N–H and O–H groups in total. The molecule has 84 valence electrons. The maximum Gasteiger partial charge on any atom is 2.00 e. The first-order chi connectivity index (χ1) is 6.86. The zero-order valence-corrected chi connectivity index (χ0v) is 12.2. The summed E-state index contributed by atoms with van der Waals surface area (Å²) in [5, 5.41) is 0. The topological polar surface area (TPSA) is 9.23 Å². The van der Waals surface area contributed by atoms with Crippen molar-refractivity contribution in [3.63, 3.8) is 0 Å². The van der Waals surface area contributed by atoms with E-state index < -0.39 is 0 Å². The maximum atomic E-state index is 13.3. The summed E-state index contributed by atoms with van der Waals surface area (Å²) in [4.78, 5) is 0. The second kappa shape index (κ2) is 8.45. The molecular formula is C12H14BrFMgO. The monoisotopic (exact) mass is 296 g/mol. The van der Waals surface area contributed by atoms with Gasteiger partial charge < -0.3 is 21.7 Å². The fraction of sp³-hybridized carbons (Fsp3) is 0.500. The quantitative estimate of drug-likeness (QED) is 0.521. The molecule has 0 amide bonds. The van der Waals surface area contributed by atoms with Crippen LogP contribution in [-0.4, -0.2) is 35.8 Å². The van der Waals surface area contributed by atoms with E-state index in [1.165, 1.54) is 12.5 Å². The molecule has 1 aliphatic rings. The molecule has 1 nitrogen and oxygen atoms in total. The molecule has 1 aliphatic heterocycles. The van der Waals surface area contributed by atoms with E-state index in [-0.39, 0.29) is 52.0 Å². The average Bonchev–Trinajstić information content (AvgIpc) is 2.23. The number of ether oxygens (including phenoxy) is 1. The van der Waals surface area contributed by atoms with Crippen molar-refractivity contribution in [3.8, 4) is 0 Å². The van der Waals surface area contributed by atoms with Crippen molar-refractivity contribution in [1.82, 2.24) is 0 Å². The van der Waals surface area contributed by atoms with E-state index >= 15 is 0 Å². The van der Waals surface area contributed by atoms with Crippen LogP contribution in [0.5, 0.6) is 0 Å². The van der Waals surface area contributed by atoms with E-state index in [9.17, 15) is 4.39 Å². The van der Waals surface area contributed by atoms with Gasteiger partial charge in [0.15, 0.2) is 0 Å². The van der Waals surface area contributed by atoms with Crippen LogP contribution in [-0.2, 0) is 11.2 Å². The fourth-order valence-electron chi connectivity index (χ4n) is 1.82. The Bertz CT molecular complexity index is 303. The zero-order valence-electron chi connectivity index (χ0n) is 9.22. The Kier molecular flexibility index (Phi) is 8.64. The van der Waals surface area contributed by atoms with Gasteiger partial charge in [0.1, 0.15) is 0 Å². The molecule has 0 aromatic heterocycles. The molecule has 1 unspecified atom stereocenters. The molecule has 1 aromatic carbocycles. The summed E-state index contributed by atoms with van der Waals surface area (Å²) >= 11 is 0. The second-order valence-electron chi connectivity index (χ2n) is 3.71. The van der Waals surface area contributed by atoms with Gasteiger partial charge in [-0.2, -0.15) is 18.2 Å². The van der Waals surface area contributed by atoms with Gasteiger partial charge in [0, 0.05) is 12.4 Å². The SMILES string of the molecule is Fc1c[c-]ccc1CC1CCCCO1.[Br-].[Mg+2]. The van der Waals surface area contributed by atoms with Crippen molar-refractivity contribution in [1.29, 1.82) is 0 Å². The van der Waals surface area contributed by atoms with E-state index in [4.69, 9.17) is 4.74 Å². The van der Waals surface area contributed by atoms with Crippen LogP contribution in [0, 0.1) is 11.9 Å². The molecule has 0 spiro atoms. The third kappa shape index (κ3) is 4.69. The molecule has 0 aliphatic carbocycles. The summed E-state index contributed by atoms with van der Waals surface area (Å²) in [5.74, 6) is -0.165. The molecular weight excluding hydrogens is 283 g/mol. The summed E-state index contributed by atoms with van der Waals surface area (Å²) in [6, 6.07) is 7.65. The van der Waals surface area contributed by atoms with Crippen molar-refractivity contribution < 1.29 is 26.1 Å². The van der Waals surface area contributed by atoms with E-state index in [0.717, 1.165) is 25.0 Å². The Morgan fingerprint density at radius 3 is 2.88 bits per heavy atom. The average molecular weight is 297 g/mol. The van der Waals surface area contributed by atoms with Gasteiger partial charge in [-0.3, -0.25) is 4.39 Å². The summed E-state index contributed by atoms with van der Waals surface area (Å²) in [6.45, 7) is 0.825. The minimum Gasteiger partial charge on any atom is -1.00 e. The van der Waals surface area contributed by atoms with Gasteiger partial charge in [0.05, 0.1) is 6.10 Å². The van der Waals surface area contributed by atoms with E-state index in [2.05, 4.69) is 6.07 Å². The smallest absolute Gasteiger partial charge is 1.00 e. The largest absolute Gasteiger partial charge is 2.00 e. The van der Waals surface area contributed by atoms with Gasteiger partial charge in [-0.1, -0.05) is 0 Å². The van der Waals surface area contributed by atoms with Crippen LogP contribution in [0.4, 0.5) is 4.39 Å². The summed E-state index contributed by atoms with van der Waals surface area (Å²) in [7, 11) is 0. The van der Waals surface area contributed by atoms with Gasteiger partial charge in [-0.25, -0.2) is 0 Å². The Morgan fingerprint density at radius 1 is 1.44 bits per heavy atom. The standard InChI is InChI=1S/C12H14FO.BrH.Mg/c13-12-7-2-1-5-10(12)9-11-6-3-4-8-14-11;;/h1,5,7,11H,3-4,6,8-9H2;1H;/q-1;;+2/p-1. The summed E-state index contributed by atoms with van der Waals surface area (Å²) in [6.07, 6.45) is 4.30. The normalized spacial score (nSPS) is 19.4. The third-order valence-corrected chi connectivity index (χ3v) is 2.62. The van der Waals surface area contributed by atoms with Crippen LogP contribution in [0.15, 0.2) is 18.2 Å². The summed E-state index contributed by atoms with van der Waals surface area (Å²) < 4.78 is 18.8. The minimum absolute atomic E-state index is 0. The van der Waals surface area contributed by atoms with Crippen LogP contribution in [0.1, 0.15) is 24.8 Å². The van der Waals surface area contributed by atoms with Gasteiger partial charge in [0.2, 0.25) is 0 Å². The molecule has 1 aromatic rings. The molecule has 16 heavy (non-hydrogen) atoms. The van der Waals surface area contributed by atoms with Crippen LogP contribution >= 0.6 is 0 Å². The number of benzene rings is 1. The Hall–Kier alpha value is 0.356. The van der Waals surface area contributed by atoms with Crippen molar-refractivity contribution in [2.45, 2.75) is 31.8 Å². The van der Waals surface area contributed by atoms with E-state index in [1.54, 1.807) is 12.1 Å². The van der Waals surface area contributed by atoms with Crippen LogP contribution < -0.4 is 17.0 Å². The molecule has 1 heterocycles. The van der Waals surface area contributed by atoms with Crippen molar-refractivity contribution in [2.24, 2.45) is 0 Å². The molecule has 1 fully saturated rings. The van der Waals surface area contributed by atoms with Crippen molar-refractivity contribution >= 4 is 23.1 Å². The van der Waals surface area contributed by atoms with Crippen LogP contribution in [0.2, 0.25) is 0 Å². The first-order valence-corrected chi connectivity index (χ1v) is 5.12. The fourth-order valence-corrected chi connectivity index (χ4v) is 1.82. The predicted octanol–water partition coefficient (Wildman–Crippen LogP) is -0.639. The number of hydrogen-bond donors (Lipinski definition) is 0. The van der Waals surface area contributed by atoms with Crippen molar-refractivity contribution in [3.05, 3.63) is 35.6 Å².